The second-order valence-electron chi connectivity index (χ2n) is 5.66. The van der Waals surface area contributed by atoms with Gasteiger partial charge in [-0.05, 0) is 45.0 Å². The Hall–Kier alpha value is -1.80. The fraction of sp³-hybridized carbons (Fsp3) is 0.368. The third-order valence-electron chi connectivity index (χ3n) is 3.53. The Kier molecular flexibility index (Phi) is 5.40. The second-order valence-corrected chi connectivity index (χ2v) is 5.66. The molecular weight excluding hydrogens is 258 g/mol. The van der Waals surface area contributed by atoms with E-state index in [0.29, 0.717) is 6.61 Å². The summed E-state index contributed by atoms with van der Waals surface area (Å²) in [6, 6.07) is 15.1. The van der Waals surface area contributed by atoms with Crippen molar-refractivity contribution in [2.24, 2.45) is 0 Å². The molecule has 21 heavy (non-hydrogen) atoms. The van der Waals surface area contributed by atoms with Crippen molar-refractivity contribution < 1.29 is 4.74 Å². The number of rotatable bonds is 6. The van der Waals surface area contributed by atoms with E-state index in [-0.39, 0.29) is 6.04 Å². The minimum Gasteiger partial charge on any atom is -0.492 e. The van der Waals surface area contributed by atoms with Gasteiger partial charge in [-0.1, -0.05) is 53.9 Å². The lowest BCUT2D eigenvalue weighted by Gasteiger charge is -2.20. The molecule has 2 rings (SSSR count). The Morgan fingerprint density at radius 3 is 2.10 bits per heavy atom. The number of aryl methyl sites for hydroxylation is 3. The monoisotopic (exact) mass is 283 g/mol. The number of hydrogen-bond donors (Lipinski definition) is 1. The Balaban J connectivity index is 2.09. The van der Waals surface area contributed by atoms with Gasteiger partial charge >= 0.3 is 0 Å². The molecule has 0 amide bonds. The molecule has 0 saturated heterocycles. The summed E-state index contributed by atoms with van der Waals surface area (Å²) in [4.78, 5) is 0. The Morgan fingerprint density at radius 2 is 1.52 bits per heavy atom. The van der Waals surface area contributed by atoms with Crippen LogP contribution in [0.25, 0.3) is 0 Å². The Bertz CT molecular complexity index is 554. The highest BCUT2D eigenvalue weighted by Gasteiger charge is 2.12. The van der Waals surface area contributed by atoms with Gasteiger partial charge in [0.15, 0.2) is 0 Å². The number of ether oxygens (including phenoxy) is 1. The van der Waals surface area contributed by atoms with Crippen molar-refractivity contribution in [3.63, 3.8) is 0 Å². The molecule has 0 fully saturated rings. The first-order valence-electron chi connectivity index (χ1n) is 7.59. The smallest absolute Gasteiger partial charge is 0.119 e. The molecule has 2 aromatic carbocycles. The summed E-state index contributed by atoms with van der Waals surface area (Å²) in [5.41, 5.74) is 5.13. The van der Waals surface area contributed by atoms with Gasteiger partial charge in [-0.15, -0.1) is 0 Å². The summed E-state index contributed by atoms with van der Waals surface area (Å²) in [6.45, 7) is 10.1. The van der Waals surface area contributed by atoms with Crippen LogP contribution in [0.2, 0.25) is 0 Å². The van der Waals surface area contributed by atoms with Crippen LogP contribution in [0.4, 0.5) is 0 Å². The summed E-state index contributed by atoms with van der Waals surface area (Å²) in [5.74, 6) is 0.924. The molecule has 2 nitrogen and oxygen atoms in total. The molecule has 0 aliphatic heterocycles. The van der Waals surface area contributed by atoms with Gasteiger partial charge in [0.2, 0.25) is 0 Å². The molecule has 0 aliphatic carbocycles. The summed E-state index contributed by atoms with van der Waals surface area (Å²) in [7, 11) is 0. The van der Waals surface area contributed by atoms with E-state index in [2.05, 4.69) is 63.3 Å². The molecule has 0 heterocycles. The normalized spacial score (nSPS) is 12.2. The van der Waals surface area contributed by atoms with Crippen LogP contribution in [0.5, 0.6) is 5.75 Å². The first kappa shape index (κ1) is 15.6. The van der Waals surface area contributed by atoms with E-state index >= 15 is 0 Å². The molecule has 2 heteroatoms. The second kappa shape index (κ2) is 7.28. The van der Waals surface area contributed by atoms with E-state index in [1.807, 2.05) is 12.1 Å². The van der Waals surface area contributed by atoms with Crippen LogP contribution < -0.4 is 10.1 Å². The molecule has 0 spiro atoms. The number of nitrogens with one attached hydrogen (secondary N) is 1. The lowest BCUT2D eigenvalue weighted by molar-refractivity contribution is 0.268. The fourth-order valence-electron chi connectivity index (χ4n) is 2.54. The zero-order valence-corrected chi connectivity index (χ0v) is 13.4. The first-order chi connectivity index (χ1) is 10.1. The van der Waals surface area contributed by atoms with E-state index < -0.39 is 0 Å². The highest BCUT2D eigenvalue weighted by molar-refractivity contribution is 5.31. The van der Waals surface area contributed by atoms with Crippen molar-refractivity contribution in [2.75, 3.05) is 13.2 Å². The highest BCUT2D eigenvalue weighted by Crippen LogP contribution is 2.19. The molecule has 0 bridgehead atoms. The standard InChI is InChI=1S/C19H25NO/c1-5-20-19(17-11-15(3)10-16(4)12-17)13-21-18-8-6-14(2)7-9-18/h6-12,19-20H,5,13H2,1-4H3. The zero-order valence-electron chi connectivity index (χ0n) is 13.4. The lowest BCUT2D eigenvalue weighted by atomic mass is 10.0. The van der Waals surface area contributed by atoms with Crippen molar-refractivity contribution in [1.29, 1.82) is 0 Å². The first-order valence-corrected chi connectivity index (χ1v) is 7.59. The van der Waals surface area contributed by atoms with Crippen LogP contribution in [0.15, 0.2) is 42.5 Å². The Labute approximate surface area is 128 Å². The Morgan fingerprint density at radius 1 is 0.905 bits per heavy atom. The van der Waals surface area contributed by atoms with Gasteiger partial charge in [-0.25, -0.2) is 0 Å². The topological polar surface area (TPSA) is 21.3 Å². The van der Waals surface area contributed by atoms with Crippen molar-refractivity contribution >= 4 is 0 Å². The number of likely N-dealkylation sites (N-methyl/N-ethyl adjacent to an activating group) is 1. The van der Waals surface area contributed by atoms with Crippen LogP contribution in [0, 0.1) is 20.8 Å². The van der Waals surface area contributed by atoms with Gasteiger partial charge in [0.05, 0.1) is 6.04 Å². The summed E-state index contributed by atoms with van der Waals surface area (Å²) in [6.07, 6.45) is 0. The minimum atomic E-state index is 0.218. The molecule has 1 unspecified atom stereocenters. The van der Waals surface area contributed by atoms with E-state index in [0.717, 1.165) is 12.3 Å². The van der Waals surface area contributed by atoms with E-state index in [4.69, 9.17) is 4.74 Å². The lowest BCUT2D eigenvalue weighted by Crippen LogP contribution is -2.26. The van der Waals surface area contributed by atoms with E-state index in [1.165, 1.54) is 22.3 Å². The van der Waals surface area contributed by atoms with Crippen molar-refractivity contribution in [3.05, 3.63) is 64.7 Å². The predicted molar refractivity (Wildman–Crippen MR) is 89.0 cm³/mol. The third kappa shape index (κ3) is 4.61. The number of hydrogen-bond acceptors (Lipinski definition) is 2. The SMILES string of the molecule is CCNC(COc1ccc(C)cc1)c1cc(C)cc(C)c1. The van der Waals surface area contributed by atoms with Gasteiger partial charge in [0.25, 0.3) is 0 Å². The summed E-state index contributed by atoms with van der Waals surface area (Å²) >= 11 is 0. The largest absolute Gasteiger partial charge is 0.492 e. The molecule has 0 aromatic heterocycles. The van der Waals surface area contributed by atoms with Crippen LogP contribution in [-0.2, 0) is 0 Å². The molecular formula is C19H25NO. The van der Waals surface area contributed by atoms with Crippen LogP contribution in [-0.4, -0.2) is 13.2 Å². The van der Waals surface area contributed by atoms with Gasteiger partial charge in [-0.3, -0.25) is 0 Å². The third-order valence-corrected chi connectivity index (χ3v) is 3.53. The van der Waals surface area contributed by atoms with E-state index in [9.17, 15) is 0 Å². The van der Waals surface area contributed by atoms with Crippen LogP contribution in [0.1, 0.15) is 35.2 Å². The van der Waals surface area contributed by atoms with Gasteiger partial charge in [0.1, 0.15) is 12.4 Å². The van der Waals surface area contributed by atoms with Gasteiger partial charge < -0.3 is 10.1 Å². The molecule has 0 radical (unpaired) electrons. The van der Waals surface area contributed by atoms with Crippen LogP contribution in [0.3, 0.4) is 0 Å². The highest BCUT2D eigenvalue weighted by atomic mass is 16.5. The fourth-order valence-corrected chi connectivity index (χ4v) is 2.54. The van der Waals surface area contributed by atoms with Gasteiger partial charge in [0, 0.05) is 0 Å². The zero-order chi connectivity index (χ0) is 15.2. The molecule has 112 valence electrons. The quantitative estimate of drug-likeness (QED) is 0.851. The molecule has 1 atom stereocenters. The molecule has 2 aromatic rings. The average molecular weight is 283 g/mol. The minimum absolute atomic E-state index is 0.218. The van der Waals surface area contributed by atoms with Crippen molar-refractivity contribution in [1.82, 2.24) is 5.32 Å². The summed E-state index contributed by atoms with van der Waals surface area (Å²) < 4.78 is 5.95. The molecule has 1 N–H and O–H groups in total. The predicted octanol–water partition coefficient (Wildman–Crippen LogP) is 4.34. The number of benzene rings is 2. The molecule has 0 saturated carbocycles. The maximum atomic E-state index is 5.95. The average Bonchev–Trinajstić information content (AvgIpc) is 2.44. The maximum absolute atomic E-state index is 5.95. The van der Waals surface area contributed by atoms with Gasteiger partial charge in [-0.2, -0.15) is 0 Å². The molecule has 0 aliphatic rings. The maximum Gasteiger partial charge on any atom is 0.119 e. The van der Waals surface area contributed by atoms with E-state index in [1.54, 1.807) is 0 Å². The van der Waals surface area contributed by atoms with Crippen molar-refractivity contribution in [3.8, 4) is 5.75 Å². The summed E-state index contributed by atoms with van der Waals surface area (Å²) in [5, 5.41) is 3.51. The van der Waals surface area contributed by atoms with Crippen molar-refractivity contribution in [2.45, 2.75) is 33.7 Å². The van der Waals surface area contributed by atoms with Crippen LogP contribution >= 0.6 is 0 Å².